The Balaban J connectivity index is 2.23. The van der Waals surface area contributed by atoms with E-state index in [0.29, 0.717) is 5.82 Å². The van der Waals surface area contributed by atoms with Crippen molar-refractivity contribution in [1.82, 2.24) is 9.38 Å². The molecule has 1 aromatic carbocycles. The topological polar surface area (TPSA) is 43.3 Å². The van der Waals surface area contributed by atoms with Crippen molar-refractivity contribution in [1.29, 1.82) is 0 Å². The van der Waals surface area contributed by atoms with Gasteiger partial charge in [-0.2, -0.15) is 0 Å². The quantitative estimate of drug-likeness (QED) is 0.684. The summed E-state index contributed by atoms with van der Waals surface area (Å²) in [7, 11) is 0. The lowest BCUT2D eigenvalue weighted by atomic mass is 10.1. The molecule has 3 nitrogen and oxygen atoms in total. The molecule has 0 aliphatic carbocycles. The maximum atomic E-state index is 6.16. The second-order valence-electron chi connectivity index (χ2n) is 4.28. The minimum Gasteiger partial charge on any atom is -0.383 e. The van der Waals surface area contributed by atoms with Crippen LogP contribution in [0.25, 0.3) is 16.9 Å². The Hall–Kier alpha value is -1.56. The van der Waals surface area contributed by atoms with Crippen molar-refractivity contribution in [2.45, 2.75) is 6.92 Å². The highest BCUT2D eigenvalue weighted by Gasteiger charge is 2.10. The van der Waals surface area contributed by atoms with Gasteiger partial charge in [0.2, 0.25) is 0 Å². The van der Waals surface area contributed by atoms with Gasteiger partial charge in [0.05, 0.1) is 0 Å². The van der Waals surface area contributed by atoms with Crippen LogP contribution in [0.1, 0.15) is 5.56 Å². The lowest BCUT2D eigenvalue weighted by molar-refractivity contribution is 1.18. The van der Waals surface area contributed by atoms with Crippen molar-refractivity contribution in [2.75, 3.05) is 5.73 Å². The van der Waals surface area contributed by atoms with Crippen LogP contribution in [0.3, 0.4) is 0 Å². The largest absolute Gasteiger partial charge is 0.383 e. The van der Waals surface area contributed by atoms with E-state index in [-0.39, 0.29) is 0 Å². The van der Waals surface area contributed by atoms with Crippen LogP contribution in [-0.2, 0) is 0 Å². The molecule has 0 bridgehead atoms. The molecule has 0 fully saturated rings. The molecule has 2 heterocycles. The summed E-state index contributed by atoms with van der Waals surface area (Å²) in [6.45, 7) is 2.05. The first-order valence-electron chi connectivity index (χ1n) is 5.65. The highest BCUT2D eigenvalue weighted by atomic mass is 127. The third kappa shape index (κ3) is 1.86. The number of aryl methyl sites for hydroxylation is 1. The number of hydrogen-bond acceptors (Lipinski definition) is 2. The van der Waals surface area contributed by atoms with Crippen molar-refractivity contribution in [3.05, 3.63) is 51.7 Å². The molecule has 2 aromatic heterocycles. The number of nitrogens with two attached hydrogens (primary N) is 1. The van der Waals surface area contributed by atoms with E-state index in [0.717, 1.165) is 16.9 Å². The van der Waals surface area contributed by atoms with Crippen LogP contribution in [0.2, 0.25) is 0 Å². The van der Waals surface area contributed by atoms with E-state index in [2.05, 4.69) is 46.6 Å². The van der Waals surface area contributed by atoms with Crippen LogP contribution in [-0.4, -0.2) is 9.38 Å². The van der Waals surface area contributed by atoms with E-state index >= 15 is 0 Å². The van der Waals surface area contributed by atoms with Gasteiger partial charge in [-0.3, -0.25) is 4.40 Å². The smallest absolute Gasteiger partial charge is 0.139 e. The van der Waals surface area contributed by atoms with E-state index in [1.807, 2.05) is 34.9 Å². The average molecular weight is 349 g/mol. The second-order valence-corrected chi connectivity index (χ2v) is 5.53. The van der Waals surface area contributed by atoms with Gasteiger partial charge in [0.25, 0.3) is 0 Å². The molecule has 90 valence electrons. The monoisotopic (exact) mass is 349 g/mol. The third-order valence-electron chi connectivity index (χ3n) is 2.94. The van der Waals surface area contributed by atoms with E-state index in [1.165, 1.54) is 9.13 Å². The molecule has 0 spiro atoms. The Morgan fingerprint density at radius 2 is 1.89 bits per heavy atom. The van der Waals surface area contributed by atoms with Gasteiger partial charge in [-0.1, -0.05) is 12.1 Å². The number of imidazole rings is 1. The molecule has 0 saturated carbocycles. The van der Waals surface area contributed by atoms with Crippen molar-refractivity contribution >= 4 is 34.1 Å². The predicted molar refractivity (Wildman–Crippen MR) is 82.5 cm³/mol. The van der Waals surface area contributed by atoms with Crippen molar-refractivity contribution < 1.29 is 0 Å². The summed E-state index contributed by atoms with van der Waals surface area (Å²) in [6.07, 6.45) is 1.96. The summed E-state index contributed by atoms with van der Waals surface area (Å²) in [6, 6.07) is 12.3. The van der Waals surface area contributed by atoms with Crippen LogP contribution in [0.4, 0.5) is 5.82 Å². The molecule has 2 N–H and O–H groups in total. The first kappa shape index (κ1) is 11.5. The fourth-order valence-electron chi connectivity index (χ4n) is 1.99. The molecule has 0 atom stereocenters. The zero-order valence-electron chi connectivity index (χ0n) is 9.89. The molecule has 3 rings (SSSR count). The first-order chi connectivity index (χ1) is 8.65. The highest BCUT2D eigenvalue weighted by Crippen LogP contribution is 2.27. The molecule has 0 radical (unpaired) electrons. The summed E-state index contributed by atoms with van der Waals surface area (Å²) in [5.41, 5.74) is 10.1. The lowest BCUT2D eigenvalue weighted by Crippen LogP contribution is -1.94. The molecular formula is C14H12IN3. The van der Waals surface area contributed by atoms with Crippen LogP contribution in [0.5, 0.6) is 0 Å². The number of nitrogens with zero attached hydrogens (tertiary/aromatic N) is 2. The van der Waals surface area contributed by atoms with E-state index < -0.39 is 0 Å². The fraction of sp³-hybridized carbons (Fsp3) is 0.0714. The zero-order chi connectivity index (χ0) is 12.7. The summed E-state index contributed by atoms with van der Waals surface area (Å²) < 4.78 is 3.12. The number of benzene rings is 1. The van der Waals surface area contributed by atoms with Gasteiger partial charge < -0.3 is 5.73 Å². The Labute approximate surface area is 119 Å². The van der Waals surface area contributed by atoms with Crippen LogP contribution in [0, 0.1) is 10.5 Å². The van der Waals surface area contributed by atoms with Gasteiger partial charge >= 0.3 is 0 Å². The highest BCUT2D eigenvalue weighted by molar-refractivity contribution is 14.1. The minimum atomic E-state index is 0.686. The van der Waals surface area contributed by atoms with Crippen LogP contribution in [0.15, 0.2) is 42.6 Å². The van der Waals surface area contributed by atoms with Gasteiger partial charge in [-0.25, -0.2) is 4.98 Å². The van der Waals surface area contributed by atoms with Crippen molar-refractivity contribution in [2.24, 2.45) is 0 Å². The minimum absolute atomic E-state index is 0.686. The number of pyridine rings is 1. The Morgan fingerprint density at radius 3 is 2.61 bits per heavy atom. The maximum absolute atomic E-state index is 6.16. The number of anilines is 1. The van der Waals surface area contributed by atoms with E-state index in [4.69, 9.17) is 5.73 Å². The second kappa shape index (κ2) is 4.28. The van der Waals surface area contributed by atoms with Gasteiger partial charge in [0, 0.05) is 15.3 Å². The number of hydrogen-bond donors (Lipinski definition) is 1. The molecule has 0 unspecified atom stereocenters. The summed E-state index contributed by atoms with van der Waals surface area (Å²) in [5.74, 6) is 0.686. The van der Waals surface area contributed by atoms with Crippen LogP contribution < -0.4 is 5.73 Å². The number of rotatable bonds is 1. The standard InChI is InChI=1S/C14H12IN3/c1-9-6-7-18-12(8-9)17-13(14(18)16)10-2-4-11(15)5-3-10/h2-8H,16H2,1H3. The Bertz CT molecular complexity index is 714. The number of fused-ring (bicyclic) bond motifs is 1. The van der Waals surface area contributed by atoms with Gasteiger partial charge in [-0.15, -0.1) is 0 Å². The first-order valence-corrected chi connectivity index (χ1v) is 6.73. The van der Waals surface area contributed by atoms with E-state index in [1.54, 1.807) is 0 Å². The third-order valence-corrected chi connectivity index (χ3v) is 3.66. The molecular weight excluding hydrogens is 337 g/mol. The number of nitrogen functional groups attached to an aromatic ring is 1. The summed E-state index contributed by atoms with van der Waals surface area (Å²) >= 11 is 2.29. The Kier molecular flexibility index (Phi) is 2.74. The fourth-order valence-corrected chi connectivity index (χ4v) is 2.35. The molecule has 0 aliphatic heterocycles. The summed E-state index contributed by atoms with van der Waals surface area (Å²) in [4.78, 5) is 4.61. The molecule has 0 saturated heterocycles. The van der Waals surface area contributed by atoms with E-state index in [9.17, 15) is 0 Å². The van der Waals surface area contributed by atoms with Gasteiger partial charge in [0.15, 0.2) is 0 Å². The summed E-state index contributed by atoms with van der Waals surface area (Å²) in [5, 5.41) is 0. The average Bonchev–Trinajstić information content (AvgIpc) is 2.67. The number of aromatic nitrogens is 2. The number of halogens is 1. The van der Waals surface area contributed by atoms with Crippen molar-refractivity contribution in [3.8, 4) is 11.3 Å². The Morgan fingerprint density at radius 1 is 1.17 bits per heavy atom. The van der Waals surface area contributed by atoms with Gasteiger partial charge in [-0.05, 0) is 59.3 Å². The van der Waals surface area contributed by atoms with Crippen LogP contribution >= 0.6 is 22.6 Å². The normalized spacial score (nSPS) is 11.0. The maximum Gasteiger partial charge on any atom is 0.139 e. The van der Waals surface area contributed by atoms with Gasteiger partial charge in [0.1, 0.15) is 17.2 Å². The molecule has 0 amide bonds. The lowest BCUT2D eigenvalue weighted by Gasteiger charge is -1.99. The van der Waals surface area contributed by atoms with Crippen molar-refractivity contribution in [3.63, 3.8) is 0 Å². The molecule has 4 heteroatoms. The molecule has 3 aromatic rings. The zero-order valence-corrected chi connectivity index (χ0v) is 12.0. The molecule has 0 aliphatic rings. The predicted octanol–water partition coefficient (Wildman–Crippen LogP) is 3.50. The molecule has 18 heavy (non-hydrogen) atoms. The SMILES string of the molecule is Cc1ccn2c(N)c(-c3ccc(I)cc3)nc2c1.